The Morgan fingerprint density at radius 3 is 2.73 bits per heavy atom. The number of nitrogens with two attached hydrogens (primary N) is 1. The van der Waals surface area contributed by atoms with Crippen LogP contribution in [0.15, 0.2) is 0 Å². The van der Waals surface area contributed by atoms with Crippen LogP contribution in [0.25, 0.3) is 0 Å². The van der Waals surface area contributed by atoms with Gasteiger partial charge in [0.25, 0.3) is 0 Å². The molecular weight excluding hydrogens is 140 g/mol. The van der Waals surface area contributed by atoms with Crippen LogP contribution in [0.3, 0.4) is 0 Å². The highest BCUT2D eigenvalue weighted by atomic mass is 16.1. The molecule has 0 aromatic heterocycles. The molecule has 2 N–H and O–H groups in total. The summed E-state index contributed by atoms with van der Waals surface area (Å²) in [5, 5.41) is 0. The number of likely N-dealkylation sites (tertiary alicyclic amines) is 1. The van der Waals surface area contributed by atoms with Crippen molar-refractivity contribution in [3.8, 4) is 0 Å². The Labute approximate surface area is 67.5 Å². The van der Waals surface area contributed by atoms with Crippen LogP contribution in [0.5, 0.6) is 0 Å². The van der Waals surface area contributed by atoms with Gasteiger partial charge in [-0.3, -0.25) is 4.79 Å². The summed E-state index contributed by atoms with van der Waals surface area (Å²) in [6.45, 7) is 5.07. The number of unbranched alkanes of at least 4 members (excludes halogenated alkanes) is 1. The van der Waals surface area contributed by atoms with Gasteiger partial charge in [0.1, 0.15) is 0 Å². The maximum Gasteiger partial charge on any atom is 0.223 e. The van der Waals surface area contributed by atoms with Crippen molar-refractivity contribution in [1.29, 1.82) is 0 Å². The standard InChI is InChI=1S/C8H16N2O/c1-2-3-4-10-5-7(6-10)8(9)11/h7H,2-6H2,1H3,(H2,9,11). The number of primary amides is 1. The molecule has 0 spiro atoms. The van der Waals surface area contributed by atoms with Crippen molar-refractivity contribution in [2.75, 3.05) is 19.6 Å². The summed E-state index contributed by atoms with van der Waals surface area (Å²) in [7, 11) is 0. The number of hydrogen-bond acceptors (Lipinski definition) is 2. The Morgan fingerprint density at radius 1 is 1.64 bits per heavy atom. The summed E-state index contributed by atoms with van der Waals surface area (Å²) in [6, 6.07) is 0. The topological polar surface area (TPSA) is 46.3 Å². The third kappa shape index (κ3) is 2.19. The maximum absolute atomic E-state index is 10.6. The Hall–Kier alpha value is -0.570. The normalized spacial score (nSPS) is 19.7. The average molecular weight is 156 g/mol. The lowest BCUT2D eigenvalue weighted by Crippen LogP contribution is -2.52. The number of nitrogens with zero attached hydrogens (tertiary/aromatic N) is 1. The van der Waals surface area contributed by atoms with Crippen molar-refractivity contribution < 1.29 is 4.79 Å². The van der Waals surface area contributed by atoms with Gasteiger partial charge in [0, 0.05) is 13.1 Å². The quantitative estimate of drug-likeness (QED) is 0.632. The first kappa shape index (κ1) is 8.53. The van der Waals surface area contributed by atoms with Gasteiger partial charge in [-0.2, -0.15) is 0 Å². The van der Waals surface area contributed by atoms with E-state index in [-0.39, 0.29) is 11.8 Å². The van der Waals surface area contributed by atoms with E-state index in [1.165, 1.54) is 12.8 Å². The molecule has 1 rings (SSSR count). The van der Waals surface area contributed by atoms with Gasteiger partial charge in [-0.15, -0.1) is 0 Å². The minimum atomic E-state index is -0.141. The second-order valence-corrected chi connectivity index (χ2v) is 3.21. The molecule has 0 saturated carbocycles. The molecule has 0 aliphatic carbocycles. The van der Waals surface area contributed by atoms with E-state index in [0.717, 1.165) is 19.6 Å². The molecule has 11 heavy (non-hydrogen) atoms. The first-order valence-electron chi connectivity index (χ1n) is 4.25. The number of hydrogen-bond donors (Lipinski definition) is 1. The molecule has 0 atom stereocenters. The van der Waals surface area contributed by atoms with Crippen LogP contribution in [-0.2, 0) is 4.79 Å². The number of amides is 1. The first-order valence-corrected chi connectivity index (χ1v) is 4.25. The van der Waals surface area contributed by atoms with Gasteiger partial charge < -0.3 is 10.6 Å². The van der Waals surface area contributed by atoms with E-state index in [4.69, 9.17) is 5.73 Å². The van der Waals surface area contributed by atoms with E-state index in [1.54, 1.807) is 0 Å². The van der Waals surface area contributed by atoms with Crippen LogP contribution in [0.1, 0.15) is 19.8 Å². The lowest BCUT2D eigenvalue weighted by molar-refractivity contribution is -0.126. The molecule has 1 fully saturated rings. The van der Waals surface area contributed by atoms with Gasteiger partial charge in [-0.05, 0) is 13.0 Å². The zero-order chi connectivity index (χ0) is 8.27. The van der Waals surface area contributed by atoms with Crippen molar-refractivity contribution >= 4 is 5.91 Å². The molecule has 0 aromatic carbocycles. The SMILES string of the molecule is CCCCN1CC(C(N)=O)C1. The molecule has 0 aromatic rings. The Morgan fingerprint density at radius 2 is 2.27 bits per heavy atom. The van der Waals surface area contributed by atoms with Crippen molar-refractivity contribution in [2.45, 2.75) is 19.8 Å². The van der Waals surface area contributed by atoms with Crippen LogP contribution in [-0.4, -0.2) is 30.4 Å². The number of carbonyl (C=O) groups is 1. The Bertz CT molecular complexity index is 141. The molecule has 64 valence electrons. The fourth-order valence-electron chi connectivity index (χ4n) is 1.31. The van der Waals surface area contributed by atoms with Crippen LogP contribution < -0.4 is 5.73 Å². The highest BCUT2D eigenvalue weighted by Gasteiger charge is 2.29. The molecule has 0 unspecified atom stereocenters. The Balaban J connectivity index is 2.05. The van der Waals surface area contributed by atoms with Crippen molar-refractivity contribution in [1.82, 2.24) is 4.90 Å². The molecular formula is C8H16N2O. The molecule has 1 aliphatic rings. The lowest BCUT2D eigenvalue weighted by Gasteiger charge is -2.37. The van der Waals surface area contributed by atoms with E-state index in [1.807, 2.05) is 0 Å². The zero-order valence-electron chi connectivity index (χ0n) is 7.05. The maximum atomic E-state index is 10.6. The fourth-order valence-corrected chi connectivity index (χ4v) is 1.31. The minimum absolute atomic E-state index is 0.131. The van der Waals surface area contributed by atoms with Gasteiger partial charge >= 0.3 is 0 Å². The smallest absolute Gasteiger partial charge is 0.223 e. The van der Waals surface area contributed by atoms with Crippen molar-refractivity contribution in [2.24, 2.45) is 11.7 Å². The van der Waals surface area contributed by atoms with Crippen molar-refractivity contribution in [3.63, 3.8) is 0 Å². The van der Waals surface area contributed by atoms with E-state index >= 15 is 0 Å². The molecule has 3 nitrogen and oxygen atoms in total. The molecule has 3 heteroatoms. The van der Waals surface area contributed by atoms with Crippen molar-refractivity contribution in [3.05, 3.63) is 0 Å². The summed E-state index contributed by atoms with van der Waals surface area (Å²) in [5.41, 5.74) is 5.12. The summed E-state index contributed by atoms with van der Waals surface area (Å²) < 4.78 is 0. The van der Waals surface area contributed by atoms with Crippen LogP contribution in [0, 0.1) is 5.92 Å². The zero-order valence-corrected chi connectivity index (χ0v) is 7.05. The summed E-state index contributed by atoms with van der Waals surface area (Å²) in [5.74, 6) is -0.00963. The third-order valence-electron chi connectivity index (χ3n) is 2.19. The molecule has 1 aliphatic heterocycles. The van der Waals surface area contributed by atoms with E-state index in [0.29, 0.717) is 0 Å². The van der Waals surface area contributed by atoms with Crippen LogP contribution in [0.2, 0.25) is 0 Å². The Kier molecular flexibility index (Phi) is 2.88. The molecule has 0 radical (unpaired) electrons. The monoisotopic (exact) mass is 156 g/mol. The predicted molar refractivity (Wildman–Crippen MR) is 44.0 cm³/mol. The van der Waals surface area contributed by atoms with Gasteiger partial charge in [0.05, 0.1) is 5.92 Å². The summed E-state index contributed by atoms with van der Waals surface area (Å²) >= 11 is 0. The van der Waals surface area contributed by atoms with Crippen LogP contribution in [0.4, 0.5) is 0 Å². The molecule has 1 heterocycles. The highest BCUT2D eigenvalue weighted by molar-refractivity contribution is 5.78. The molecule has 1 saturated heterocycles. The van der Waals surface area contributed by atoms with E-state index < -0.39 is 0 Å². The second-order valence-electron chi connectivity index (χ2n) is 3.21. The van der Waals surface area contributed by atoms with Crippen LogP contribution >= 0.6 is 0 Å². The molecule has 0 bridgehead atoms. The summed E-state index contributed by atoms with van der Waals surface area (Å²) in [4.78, 5) is 12.9. The lowest BCUT2D eigenvalue weighted by atomic mass is 9.99. The largest absolute Gasteiger partial charge is 0.369 e. The van der Waals surface area contributed by atoms with E-state index in [2.05, 4.69) is 11.8 Å². The average Bonchev–Trinajstić information content (AvgIpc) is 1.84. The predicted octanol–water partition coefficient (Wildman–Crippen LogP) is 0.204. The number of rotatable bonds is 4. The summed E-state index contributed by atoms with van der Waals surface area (Å²) in [6.07, 6.45) is 2.45. The van der Waals surface area contributed by atoms with Gasteiger partial charge in [0.2, 0.25) is 5.91 Å². The fraction of sp³-hybridized carbons (Fsp3) is 0.875. The van der Waals surface area contributed by atoms with Gasteiger partial charge in [-0.25, -0.2) is 0 Å². The minimum Gasteiger partial charge on any atom is -0.369 e. The first-order chi connectivity index (χ1) is 5.24. The third-order valence-corrected chi connectivity index (χ3v) is 2.19. The second kappa shape index (κ2) is 3.72. The van der Waals surface area contributed by atoms with E-state index in [9.17, 15) is 4.79 Å². The highest BCUT2D eigenvalue weighted by Crippen LogP contribution is 2.14. The number of carbonyl (C=O) groups excluding carboxylic acids is 1. The van der Waals surface area contributed by atoms with Gasteiger partial charge in [0.15, 0.2) is 0 Å². The van der Waals surface area contributed by atoms with Gasteiger partial charge in [-0.1, -0.05) is 13.3 Å². The molecule has 1 amide bonds.